The molecule has 1 spiro atoms. The molecule has 1 N–H and O–H groups in total. The van der Waals surface area contributed by atoms with Crippen molar-refractivity contribution in [2.45, 2.75) is 44.6 Å². The Balaban J connectivity index is 1.67. The molecular weight excluding hydrogens is 461 g/mol. The molecule has 2 atom stereocenters. The van der Waals surface area contributed by atoms with Gasteiger partial charge in [0.25, 0.3) is 0 Å². The number of carbonyl (C=O) groups excluding carboxylic acids is 2. The number of benzene rings is 2. The summed E-state index contributed by atoms with van der Waals surface area (Å²) in [6.45, 7) is 4.60. The van der Waals surface area contributed by atoms with Crippen molar-refractivity contribution in [1.29, 1.82) is 0 Å². The Morgan fingerprint density at radius 1 is 1.12 bits per heavy atom. The van der Waals surface area contributed by atoms with E-state index in [4.69, 9.17) is 23.2 Å². The van der Waals surface area contributed by atoms with Crippen molar-refractivity contribution in [3.8, 4) is 0 Å². The number of anilines is 2. The van der Waals surface area contributed by atoms with Crippen molar-refractivity contribution >= 4 is 46.5 Å². The lowest BCUT2D eigenvalue weighted by atomic mass is 9.73. The fraction of sp³-hybridized carbons (Fsp3) is 0.333. The molecule has 2 amide bonds. The molecule has 9 heteroatoms. The van der Waals surface area contributed by atoms with E-state index < -0.39 is 5.41 Å². The number of carbonyl (C=O) groups is 2. The van der Waals surface area contributed by atoms with Crippen LogP contribution in [0.1, 0.15) is 56.0 Å². The van der Waals surface area contributed by atoms with Crippen LogP contribution in [0.3, 0.4) is 0 Å². The zero-order chi connectivity index (χ0) is 23.3. The number of hydrogen-bond acceptors (Lipinski definition) is 4. The first kappa shape index (κ1) is 21.9. The summed E-state index contributed by atoms with van der Waals surface area (Å²) in [4.78, 5) is 28.7. The second-order valence-electron chi connectivity index (χ2n) is 8.56. The number of fused-ring (bicyclic) bond motifs is 4. The van der Waals surface area contributed by atoms with Crippen LogP contribution in [-0.4, -0.2) is 33.4 Å². The number of unbranched alkanes of at least 4 members (excludes halogenated alkanes) is 1. The third-order valence-electron chi connectivity index (χ3n) is 6.56. The average molecular weight is 484 g/mol. The van der Waals surface area contributed by atoms with Crippen LogP contribution < -0.4 is 10.2 Å². The normalized spacial score (nSPS) is 20.1. The Morgan fingerprint density at radius 2 is 1.85 bits per heavy atom. The Morgan fingerprint density at radius 3 is 2.58 bits per heavy atom. The van der Waals surface area contributed by atoms with E-state index >= 15 is 0 Å². The third kappa shape index (κ3) is 3.33. The van der Waals surface area contributed by atoms with Gasteiger partial charge in [-0.3, -0.25) is 9.59 Å². The summed E-state index contributed by atoms with van der Waals surface area (Å²) in [6, 6.07) is 12.6. The third-order valence-corrected chi connectivity index (χ3v) is 7.04. The molecule has 0 aliphatic carbocycles. The molecule has 2 aliphatic rings. The molecule has 3 aromatic rings. The molecule has 0 bridgehead atoms. The zero-order valence-electron chi connectivity index (χ0n) is 18.3. The molecule has 2 aromatic carbocycles. The zero-order valence-corrected chi connectivity index (χ0v) is 19.8. The highest BCUT2D eigenvalue weighted by atomic mass is 35.5. The highest BCUT2D eigenvalue weighted by molar-refractivity contribution is 6.31. The van der Waals surface area contributed by atoms with E-state index in [-0.39, 0.29) is 24.3 Å². The van der Waals surface area contributed by atoms with E-state index in [2.05, 4.69) is 22.6 Å². The van der Waals surface area contributed by atoms with Crippen LogP contribution in [0.5, 0.6) is 0 Å². The molecule has 0 saturated heterocycles. The predicted octanol–water partition coefficient (Wildman–Crippen LogP) is 4.97. The Kier molecular flexibility index (Phi) is 5.41. The van der Waals surface area contributed by atoms with Crippen LogP contribution in [0.4, 0.5) is 11.5 Å². The van der Waals surface area contributed by atoms with Crippen molar-refractivity contribution < 1.29 is 9.59 Å². The minimum atomic E-state index is -1.25. The van der Waals surface area contributed by atoms with E-state index in [9.17, 15) is 9.59 Å². The maximum atomic E-state index is 14.0. The molecule has 0 radical (unpaired) electrons. The lowest BCUT2D eigenvalue weighted by Gasteiger charge is -2.31. The van der Waals surface area contributed by atoms with E-state index in [1.165, 1.54) is 0 Å². The van der Waals surface area contributed by atoms with Crippen LogP contribution in [0.2, 0.25) is 10.0 Å². The number of amides is 2. The van der Waals surface area contributed by atoms with Gasteiger partial charge in [0.2, 0.25) is 11.8 Å². The van der Waals surface area contributed by atoms with Gasteiger partial charge in [0.15, 0.2) is 5.82 Å². The molecule has 33 heavy (non-hydrogen) atoms. The van der Waals surface area contributed by atoms with Crippen molar-refractivity contribution in [2.24, 2.45) is 0 Å². The molecule has 1 aromatic heterocycles. The Bertz CT molecular complexity index is 1260. The van der Waals surface area contributed by atoms with Crippen molar-refractivity contribution in [2.75, 3.05) is 16.8 Å². The monoisotopic (exact) mass is 483 g/mol. The van der Waals surface area contributed by atoms with Gasteiger partial charge < -0.3 is 10.2 Å². The average Bonchev–Trinajstić information content (AvgIpc) is 3.31. The minimum absolute atomic E-state index is 0.0389. The van der Waals surface area contributed by atoms with Gasteiger partial charge in [-0.2, -0.15) is 0 Å². The van der Waals surface area contributed by atoms with Crippen molar-refractivity contribution in [1.82, 2.24) is 15.0 Å². The van der Waals surface area contributed by atoms with Gasteiger partial charge in [0.05, 0.1) is 12.5 Å². The Labute approximate surface area is 201 Å². The number of nitrogens with one attached hydrogen (secondary N) is 1. The van der Waals surface area contributed by atoms with E-state index in [1.807, 2.05) is 25.1 Å². The van der Waals surface area contributed by atoms with Gasteiger partial charge in [-0.05, 0) is 54.8 Å². The van der Waals surface area contributed by atoms with Gasteiger partial charge in [-0.15, -0.1) is 5.10 Å². The predicted molar refractivity (Wildman–Crippen MR) is 128 cm³/mol. The number of aromatic nitrogens is 3. The number of rotatable bonds is 5. The molecule has 3 heterocycles. The largest absolute Gasteiger partial charge is 0.311 e. The SMILES string of the molecule is CCCCN1C(=O)[C@]2(CC(=O)Nc3c2nnn3C(C)c2ccc(Cl)cc2)c2cc(Cl)ccc21. The molecule has 170 valence electrons. The first-order chi connectivity index (χ1) is 15.9. The minimum Gasteiger partial charge on any atom is -0.311 e. The second-order valence-corrected chi connectivity index (χ2v) is 9.43. The van der Waals surface area contributed by atoms with E-state index in [0.717, 1.165) is 24.1 Å². The summed E-state index contributed by atoms with van der Waals surface area (Å²) >= 11 is 12.4. The number of hydrogen-bond donors (Lipinski definition) is 1. The summed E-state index contributed by atoms with van der Waals surface area (Å²) in [7, 11) is 0. The van der Waals surface area contributed by atoms with Crippen LogP contribution in [0, 0.1) is 0 Å². The fourth-order valence-electron chi connectivity index (χ4n) is 4.83. The lowest BCUT2D eigenvalue weighted by Crippen LogP contribution is -2.47. The summed E-state index contributed by atoms with van der Waals surface area (Å²) in [6.07, 6.45) is 1.76. The van der Waals surface area contributed by atoms with Crippen LogP contribution in [0.25, 0.3) is 0 Å². The number of halogens is 2. The smallest absolute Gasteiger partial charge is 0.244 e. The molecule has 1 unspecified atom stereocenters. The van der Waals surface area contributed by atoms with Crippen molar-refractivity contribution in [3.05, 3.63) is 69.3 Å². The Hall–Kier alpha value is -2.90. The molecule has 0 saturated carbocycles. The van der Waals surface area contributed by atoms with Crippen LogP contribution >= 0.6 is 23.2 Å². The van der Waals surface area contributed by atoms with Crippen molar-refractivity contribution in [3.63, 3.8) is 0 Å². The van der Waals surface area contributed by atoms with E-state index in [0.29, 0.717) is 33.7 Å². The second kappa shape index (κ2) is 8.15. The van der Waals surface area contributed by atoms with Crippen LogP contribution in [0.15, 0.2) is 42.5 Å². The first-order valence-corrected chi connectivity index (χ1v) is 11.8. The standard InChI is InChI=1S/C24H23Cl2N5O2/c1-3-4-11-30-19-10-9-17(26)12-18(19)24(23(30)33)13-20(32)27-22-21(24)28-29-31(22)14(2)15-5-7-16(25)8-6-15/h5-10,12,14H,3-4,11,13H2,1-2H3,(H,27,32)/t14?,24-/m1/s1. The van der Waals surface area contributed by atoms with Gasteiger partial charge in [-0.25, -0.2) is 4.68 Å². The maximum absolute atomic E-state index is 14.0. The molecule has 2 aliphatic heterocycles. The van der Waals surface area contributed by atoms with Gasteiger partial charge in [-0.1, -0.05) is 53.9 Å². The quantitative estimate of drug-likeness (QED) is 0.555. The lowest BCUT2D eigenvalue weighted by molar-refractivity contribution is -0.126. The number of nitrogens with zero attached hydrogens (tertiary/aromatic N) is 4. The molecule has 7 nitrogen and oxygen atoms in total. The first-order valence-electron chi connectivity index (χ1n) is 11.0. The topological polar surface area (TPSA) is 80.1 Å². The highest BCUT2D eigenvalue weighted by Gasteiger charge is 2.58. The van der Waals surface area contributed by atoms with Gasteiger partial charge in [0, 0.05) is 22.3 Å². The van der Waals surface area contributed by atoms with E-state index in [1.54, 1.807) is 33.8 Å². The van der Waals surface area contributed by atoms with Gasteiger partial charge >= 0.3 is 0 Å². The van der Waals surface area contributed by atoms with Gasteiger partial charge in [0.1, 0.15) is 11.1 Å². The summed E-state index contributed by atoms with van der Waals surface area (Å²) in [5.74, 6) is 0.0202. The maximum Gasteiger partial charge on any atom is 0.244 e. The summed E-state index contributed by atoms with van der Waals surface area (Å²) in [5, 5.41) is 12.9. The fourth-order valence-corrected chi connectivity index (χ4v) is 5.13. The summed E-state index contributed by atoms with van der Waals surface area (Å²) < 4.78 is 1.66. The summed E-state index contributed by atoms with van der Waals surface area (Å²) in [5.41, 5.74) is 1.64. The van der Waals surface area contributed by atoms with Crippen LogP contribution in [-0.2, 0) is 15.0 Å². The molecule has 0 fully saturated rings. The molecule has 5 rings (SSSR count). The highest BCUT2D eigenvalue weighted by Crippen LogP contribution is 2.52. The molecular formula is C24H23Cl2N5O2.